The third kappa shape index (κ3) is 4.07. The molecule has 19 heavy (non-hydrogen) atoms. The highest BCUT2D eigenvalue weighted by Gasteiger charge is 2.24. The average molecular weight is 259 g/mol. The van der Waals surface area contributed by atoms with Gasteiger partial charge in [-0.05, 0) is 48.1 Å². The second-order valence-electron chi connectivity index (χ2n) is 6.80. The topological polar surface area (TPSA) is 26.0 Å². The average Bonchev–Trinajstić information content (AvgIpc) is 2.39. The zero-order chi connectivity index (χ0) is 13.8. The molecule has 1 nitrogen and oxygen atoms in total. The molecular weight excluding hydrogens is 230 g/mol. The van der Waals surface area contributed by atoms with Crippen LogP contribution in [0.5, 0.6) is 0 Å². The summed E-state index contributed by atoms with van der Waals surface area (Å²) in [6.07, 6.45) is 6.45. The van der Waals surface area contributed by atoms with Crippen LogP contribution in [0.2, 0.25) is 0 Å². The third-order valence-corrected chi connectivity index (χ3v) is 4.70. The zero-order valence-electron chi connectivity index (χ0n) is 12.7. The minimum Gasteiger partial charge on any atom is -0.327 e. The van der Waals surface area contributed by atoms with Gasteiger partial charge in [-0.1, -0.05) is 57.9 Å². The van der Waals surface area contributed by atoms with Crippen LogP contribution in [-0.4, -0.2) is 6.04 Å². The van der Waals surface area contributed by atoms with E-state index in [9.17, 15) is 0 Å². The van der Waals surface area contributed by atoms with E-state index in [0.717, 1.165) is 18.3 Å². The Labute approximate surface area is 118 Å². The summed E-state index contributed by atoms with van der Waals surface area (Å²) in [5.74, 6) is 2.21. The molecule has 2 N–H and O–H groups in total. The molecular formula is C18H29N. The highest BCUT2D eigenvalue weighted by molar-refractivity contribution is 5.25. The first-order valence-corrected chi connectivity index (χ1v) is 7.90. The van der Waals surface area contributed by atoms with E-state index < -0.39 is 0 Å². The molecule has 1 saturated carbocycles. The van der Waals surface area contributed by atoms with Gasteiger partial charge in [0.15, 0.2) is 0 Å². The van der Waals surface area contributed by atoms with E-state index in [1.807, 2.05) is 0 Å². The lowest BCUT2D eigenvalue weighted by atomic mass is 9.77. The Morgan fingerprint density at radius 3 is 2.42 bits per heavy atom. The van der Waals surface area contributed by atoms with Crippen LogP contribution in [0, 0.1) is 11.8 Å². The van der Waals surface area contributed by atoms with Crippen molar-refractivity contribution in [3.05, 3.63) is 35.4 Å². The molecule has 0 radical (unpaired) electrons. The van der Waals surface area contributed by atoms with E-state index in [0.29, 0.717) is 12.0 Å². The molecule has 0 aliphatic heterocycles. The molecule has 1 aliphatic rings. The van der Waals surface area contributed by atoms with Crippen LogP contribution >= 0.6 is 0 Å². The first kappa shape index (κ1) is 14.6. The predicted octanol–water partition coefficient (Wildman–Crippen LogP) is 4.51. The lowest BCUT2D eigenvalue weighted by Gasteiger charge is -2.31. The molecule has 1 fully saturated rings. The van der Waals surface area contributed by atoms with Crippen LogP contribution in [0.4, 0.5) is 0 Å². The highest BCUT2D eigenvalue weighted by Crippen LogP contribution is 2.31. The second kappa shape index (κ2) is 6.56. The van der Waals surface area contributed by atoms with Crippen molar-refractivity contribution >= 4 is 0 Å². The smallest absolute Gasteiger partial charge is 0.0108 e. The van der Waals surface area contributed by atoms with Crippen LogP contribution in [0.3, 0.4) is 0 Å². The summed E-state index contributed by atoms with van der Waals surface area (Å²) < 4.78 is 0. The highest BCUT2D eigenvalue weighted by atomic mass is 14.7. The minimum atomic E-state index is 0.340. The standard InChI is InChI=1S/C18H29N/c1-13(2)16-9-7-15(8-10-16)12-18(19)17-6-4-5-14(3)11-17/h7-10,13-14,17-18H,4-6,11-12,19H2,1-3H3. The summed E-state index contributed by atoms with van der Waals surface area (Å²) >= 11 is 0. The fourth-order valence-corrected chi connectivity index (χ4v) is 3.35. The van der Waals surface area contributed by atoms with Crippen molar-refractivity contribution < 1.29 is 0 Å². The van der Waals surface area contributed by atoms with Crippen molar-refractivity contribution in [3.8, 4) is 0 Å². The van der Waals surface area contributed by atoms with Gasteiger partial charge in [0.1, 0.15) is 0 Å². The van der Waals surface area contributed by atoms with E-state index >= 15 is 0 Å². The molecule has 0 aromatic heterocycles. The first-order valence-electron chi connectivity index (χ1n) is 7.90. The SMILES string of the molecule is CC1CCCC(C(N)Cc2ccc(C(C)C)cc2)C1. The van der Waals surface area contributed by atoms with Gasteiger partial charge in [-0.3, -0.25) is 0 Å². The first-order chi connectivity index (χ1) is 9.06. The Kier molecular flexibility index (Phi) is 5.04. The van der Waals surface area contributed by atoms with Crippen LogP contribution < -0.4 is 5.73 Å². The summed E-state index contributed by atoms with van der Waals surface area (Å²) in [5.41, 5.74) is 9.26. The van der Waals surface area contributed by atoms with Gasteiger partial charge < -0.3 is 5.73 Å². The van der Waals surface area contributed by atoms with Crippen molar-refractivity contribution in [1.82, 2.24) is 0 Å². The van der Waals surface area contributed by atoms with Gasteiger partial charge in [0, 0.05) is 6.04 Å². The predicted molar refractivity (Wildman–Crippen MR) is 83.3 cm³/mol. The number of benzene rings is 1. The molecule has 0 spiro atoms. The molecule has 0 saturated heterocycles. The number of nitrogens with two attached hydrogens (primary N) is 1. The van der Waals surface area contributed by atoms with Gasteiger partial charge in [0.05, 0.1) is 0 Å². The lowest BCUT2D eigenvalue weighted by Crippen LogP contribution is -2.35. The number of rotatable bonds is 4. The fraction of sp³-hybridized carbons (Fsp3) is 0.667. The van der Waals surface area contributed by atoms with Gasteiger partial charge in [-0.15, -0.1) is 0 Å². The number of hydrogen-bond donors (Lipinski definition) is 1. The molecule has 0 heterocycles. The molecule has 3 atom stereocenters. The van der Waals surface area contributed by atoms with E-state index in [1.54, 1.807) is 0 Å². The van der Waals surface area contributed by atoms with Crippen molar-refractivity contribution in [3.63, 3.8) is 0 Å². The van der Waals surface area contributed by atoms with E-state index in [-0.39, 0.29) is 0 Å². The summed E-state index contributed by atoms with van der Waals surface area (Å²) in [5, 5.41) is 0. The van der Waals surface area contributed by atoms with Gasteiger partial charge in [-0.25, -0.2) is 0 Å². The molecule has 1 aromatic rings. The van der Waals surface area contributed by atoms with Gasteiger partial charge in [0.2, 0.25) is 0 Å². The zero-order valence-corrected chi connectivity index (χ0v) is 12.7. The fourth-order valence-electron chi connectivity index (χ4n) is 3.35. The normalized spacial score (nSPS) is 25.5. The molecule has 3 unspecified atom stereocenters. The van der Waals surface area contributed by atoms with Gasteiger partial charge in [0.25, 0.3) is 0 Å². The quantitative estimate of drug-likeness (QED) is 0.846. The number of hydrogen-bond acceptors (Lipinski definition) is 1. The molecule has 1 aliphatic carbocycles. The van der Waals surface area contributed by atoms with Gasteiger partial charge in [-0.2, -0.15) is 0 Å². The molecule has 106 valence electrons. The summed E-state index contributed by atoms with van der Waals surface area (Å²) in [6, 6.07) is 9.39. The Morgan fingerprint density at radius 2 is 1.84 bits per heavy atom. The van der Waals surface area contributed by atoms with Crippen LogP contribution in [0.15, 0.2) is 24.3 Å². The molecule has 0 bridgehead atoms. The van der Waals surface area contributed by atoms with Crippen LogP contribution in [0.1, 0.15) is 63.5 Å². The Morgan fingerprint density at radius 1 is 1.16 bits per heavy atom. The lowest BCUT2D eigenvalue weighted by molar-refractivity contribution is 0.245. The van der Waals surface area contributed by atoms with E-state index in [4.69, 9.17) is 5.73 Å². The van der Waals surface area contributed by atoms with Crippen molar-refractivity contribution in [2.24, 2.45) is 17.6 Å². The maximum absolute atomic E-state index is 6.44. The monoisotopic (exact) mass is 259 g/mol. The molecule has 2 rings (SSSR count). The maximum Gasteiger partial charge on any atom is 0.0108 e. The molecule has 1 aromatic carbocycles. The summed E-state index contributed by atoms with van der Waals surface area (Å²) in [4.78, 5) is 0. The van der Waals surface area contributed by atoms with Crippen molar-refractivity contribution in [2.75, 3.05) is 0 Å². The van der Waals surface area contributed by atoms with E-state index in [2.05, 4.69) is 45.0 Å². The van der Waals surface area contributed by atoms with Crippen LogP contribution in [-0.2, 0) is 6.42 Å². The largest absolute Gasteiger partial charge is 0.327 e. The van der Waals surface area contributed by atoms with E-state index in [1.165, 1.54) is 36.8 Å². The molecule has 1 heteroatoms. The minimum absolute atomic E-state index is 0.340. The summed E-state index contributed by atoms with van der Waals surface area (Å²) in [7, 11) is 0. The Bertz CT molecular complexity index is 379. The Hall–Kier alpha value is -0.820. The maximum atomic E-state index is 6.44. The second-order valence-corrected chi connectivity index (χ2v) is 6.80. The molecule has 0 amide bonds. The van der Waals surface area contributed by atoms with Gasteiger partial charge >= 0.3 is 0 Å². The third-order valence-electron chi connectivity index (χ3n) is 4.70. The van der Waals surface area contributed by atoms with Crippen molar-refractivity contribution in [1.29, 1.82) is 0 Å². The Balaban J connectivity index is 1.92. The van der Waals surface area contributed by atoms with Crippen LogP contribution in [0.25, 0.3) is 0 Å². The van der Waals surface area contributed by atoms with Crippen molar-refractivity contribution in [2.45, 2.75) is 64.8 Å². The summed E-state index contributed by atoms with van der Waals surface area (Å²) in [6.45, 7) is 6.85.